The van der Waals surface area contributed by atoms with E-state index in [1.165, 1.54) is 31.0 Å². The molecule has 37 heavy (non-hydrogen) atoms. The molecule has 1 saturated carbocycles. The first-order valence-corrected chi connectivity index (χ1v) is 12.6. The van der Waals surface area contributed by atoms with Crippen molar-refractivity contribution in [1.82, 2.24) is 15.3 Å². The van der Waals surface area contributed by atoms with E-state index in [-0.39, 0.29) is 34.8 Å². The number of phenols is 2. The van der Waals surface area contributed by atoms with Crippen molar-refractivity contribution < 1.29 is 19.8 Å². The average molecular weight is 496 g/mol. The van der Waals surface area contributed by atoms with Crippen LogP contribution in [0.2, 0.25) is 0 Å². The number of imidazole rings is 1. The van der Waals surface area contributed by atoms with Gasteiger partial charge in [-0.3, -0.25) is 9.59 Å². The zero-order valence-electron chi connectivity index (χ0n) is 20.5. The van der Waals surface area contributed by atoms with Gasteiger partial charge in [0.15, 0.2) is 17.3 Å². The Morgan fingerprint density at radius 2 is 1.51 bits per heavy atom. The third-order valence-electron chi connectivity index (χ3n) is 6.95. The predicted octanol–water partition coefficient (Wildman–Crippen LogP) is 5.99. The number of amides is 1. The van der Waals surface area contributed by atoms with Crippen LogP contribution in [0.3, 0.4) is 0 Å². The Kier molecular flexibility index (Phi) is 6.77. The molecule has 4 aromatic rings. The van der Waals surface area contributed by atoms with Crippen molar-refractivity contribution >= 4 is 28.3 Å². The number of hydrogen-bond acceptors (Lipinski definition) is 5. The fourth-order valence-electron chi connectivity index (χ4n) is 4.78. The first-order chi connectivity index (χ1) is 17.9. The number of H-pyrrole nitrogens is 1. The second-order valence-electron chi connectivity index (χ2n) is 9.57. The van der Waals surface area contributed by atoms with Crippen molar-refractivity contribution in [3.8, 4) is 22.9 Å². The van der Waals surface area contributed by atoms with E-state index < -0.39 is 0 Å². The van der Waals surface area contributed by atoms with E-state index in [0.29, 0.717) is 22.5 Å². The number of aromatic nitrogens is 2. The quantitative estimate of drug-likeness (QED) is 0.114. The van der Waals surface area contributed by atoms with Crippen molar-refractivity contribution in [2.24, 2.45) is 0 Å². The molecule has 1 heterocycles. The van der Waals surface area contributed by atoms with Crippen LogP contribution in [-0.4, -0.2) is 37.9 Å². The van der Waals surface area contributed by atoms with Gasteiger partial charge in [-0.05, 0) is 48.7 Å². The Hall–Kier alpha value is -4.39. The number of fused-ring (bicyclic) bond motifs is 1. The smallest absolute Gasteiger partial charge is 0.251 e. The number of carbonyl (C=O) groups is 2. The van der Waals surface area contributed by atoms with E-state index in [1.54, 1.807) is 30.3 Å². The van der Waals surface area contributed by atoms with E-state index in [0.717, 1.165) is 42.3 Å². The first-order valence-electron chi connectivity index (χ1n) is 12.6. The summed E-state index contributed by atoms with van der Waals surface area (Å²) in [5.41, 5.74) is 4.00. The highest BCUT2D eigenvalue weighted by Crippen LogP contribution is 2.30. The number of nitrogens with zero attached hydrogens (tertiary/aromatic N) is 1. The van der Waals surface area contributed by atoms with Gasteiger partial charge in [-0.15, -0.1) is 0 Å². The summed E-state index contributed by atoms with van der Waals surface area (Å²) in [5.74, 6) is -0.276. The molecule has 4 N–H and O–H groups in total. The molecule has 1 aliphatic rings. The molecule has 1 aliphatic carbocycles. The van der Waals surface area contributed by atoms with Crippen LogP contribution in [0.5, 0.6) is 11.5 Å². The van der Waals surface area contributed by atoms with Crippen LogP contribution in [0, 0.1) is 0 Å². The summed E-state index contributed by atoms with van der Waals surface area (Å²) < 4.78 is 0. The Bertz CT molecular complexity index is 1480. The number of benzene rings is 3. The van der Waals surface area contributed by atoms with Crippen molar-refractivity contribution in [3.05, 3.63) is 83.9 Å². The molecule has 0 bridgehead atoms. The largest absolute Gasteiger partial charge is 0.504 e. The minimum absolute atomic E-state index is 0.0602. The van der Waals surface area contributed by atoms with Gasteiger partial charge in [0.2, 0.25) is 0 Å². The fourth-order valence-corrected chi connectivity index (χ4v) is 4.78. The lowest BCUT2D eigenvalue weighted by Gasteiger charge is -2.16. The number of aromatic amines is 1. The monoisotopic (exact) mass is 495 g/mol. The summed E-state index contributed by atoms with van der Waals surface area (Å²) in [6.45, 7) is 3.85. The third-order valence-corrected chi connectivity index (χ3v) is 6.95. The van der Waals surface area contributed by atoms with Gasteiger partial charge in [-0.25, -0.2) is 4.98 Å². The minimum atomic E-state index is -0.309. The van der Waals surface area contributed by atoms with Gasteiger partial charge in [-0.1, -0.05) is 62.6 Å². The molecule has 1 aromatic heterocycles. The Morgan fingerprint density at radius 3 is 2.22 bits per heavy atom. The molecule has 0 saturated heterocycles. The first kappa shape index (κ1) is 24.3. The Labute approximate surface area is 214 Å². The number of rotatable bonds is 6. The van der Waals surface area contributed by atoms with Gasteiger partial charge in [-0.2, -0.15) is 0 Å². The number of Topliss-reactive ketones (excluding diaryl/α,β-unsaturated/α-hetero) is 1. The lowest BCUT2D eigenvalue weighted by molar-refractivity contribution is 0.0933. The SMILES string of the molecule is C=C(C(=O)c1ccc(-c2nc3ccc(C(=O)NC4CCCCCC4)cc3[nH]2)cc1)c1ccc(O)c(O)c1. The molecule has 7 heteroatoms. The van der Waals surface area contributed by atoms with Crippen LogP contribution < -0.4 is 5.32 Å². The Morgan fingerprint density at radius 1 is 0.838 bits per heavy atom. The summed E-state index contributed by atoms with van der Waals surface area (Å²) in [6, 6.07) is 16.8. The molecule has 7 nitrogen and oxygen atoms in total. The normalized spacial score (nSPS) is 14.3. The summed E-state index contributed by atoms with van der Waals surface area (Å²) in [4.78, 5) is 33.6. The van der Waals surface area contributed by atoms with Crippen molar-refractivity contribution in [2.75, 3.05) is 0 Å². The molecule has 3 aromatic carbocycles. The molecule has 0 radical (unpaired) electrons. The number of nitrogens with one attached hydrogen (secondary N) is 2. The van der Waals surface area contributed by atoms with E-state index in [2.05, 4.69) is 21.9 Å². The van der Waals surface area contributed by atoms with E-state index in [9.17, 15) is 19.8 Å². The number of carbonyl (C=O) groups excluding carboxylic acids is 2. The zero-order chi connectivity index (χ0) is 25.9. The summed E-state index contributed by atoms with van der Waals surface area (Å²) >= 11 is 0. The van der Waals surface area contributed by atoms with Gasteiger partial charge in [0.1, 0.15) is 5.82 Å². The molecule has 188 valence electrons. The van der Waals surface area contributed by atoms with Crippen LogP contribution in [-0.2, 0) is 0 Å². The van der Waals surface area contributed by atoms with Gasteiger partial charge in [0.05, 0.1) is 11.0 Å². The lowest BCUT2D eigenvalue weighted by atomic mass is 9.97. The number of ketones is 1. The maximum absolute atomic E-state index is 12.9. The Balaban J connectivity index is 1.31. The molecular formula is C30H29N3O4. The molecule has 1 amide bonds. The maximum atomic E-state index is 12.9. The van der Waals surface area contributed by atoms with Crippen LogP contribution in [0.4, 0.5) is 0 Å². The predicted molar refractivity (Wildman–Crippen MR) is 144 cm³/mol. The van der Waals surface area contributed by atoms with Crippen LogP contribution >= 0.6 is 0 Å². The summed E-state index contributed by atoms with van der Waals surface area (Å²) in [5, 5.41) is 22.4. The topological polar surface area (TPSA) is 115 Å². The third kappa shape index (κ3) is 5.26. The molecule has 0 unspecified atom stereocenters. The van der Waals surface area contributed by atoms with Crippen molar-refractivity contribution in [2.45, 2.75) is 44.6 Å². The van der Waals surface area contributed by atoms with E-state index >= 15 is 0 Å². The molecular weight excluding hydrogens is 466 g/mol. The number of phenolic OH excluding ortho intramolecular Hbond substituents is 2. The van der Waals surface area contributed by atoms with Crippen molar-refractivity contribution in [3.63, 3.8) is 0 Å². The molecule has 0 atom stereocenters. The van der Waals surface area contributed by atoms with E-state index in [1.807, 2.05) is 12.1 Å². The number of allylic oxidation sites excluding steroid dienone is 1. The zero-order valence-corrected chi connectivity index (χ0v) is 20.5. The highest BCUT2D eigenvalue weighted by atomic mass is 16.3. The lowest BCUT2D eigenvalue weighted by Crippen LogP contribution is -2.34. The van der Waals surface area contributed by atoms with Gasteiger partial charge in [0, 0.05) is 28.3 Å². The van der Waals surface area contributed by atoms with Crippen LogP contribution in [0.15, 0.2) is 67.2 Å². The average Bonchev–Trinajstić information content (AvgIpc) is 3.18. The second kappa shape index (κ2) is 10.3. The van der Waals surface area contributed by atoms with E-state index in [4.69, 9.17) is 0 Å². The molecule has 0 aliphatic heterocycles. The summed E-state index contributed by atoms with van der Waals surface area (Å²) in [6.07, 6.45) is 6.86. The molecule has 5 rings (SSSR count). The number of hydrogen-bond donors (Lipinski definition) is 4. The molecule has 1 fully saturated rings. The van der Waals surface area contributed by atoms with Crippen molar-refractivity contribution in [1.29, 1.82) is 0 Å². The van der Waals surface area contributed by atoms with Gasteiger partial charge < -0.3 is 20.5 Å². The van der Waals surface area contributed by atoms with Crippen LogP contribution in [0.25, 0.3) is 28.0 Å². The standard InChI is InChI=1S/C30H29N3O4/c1-18(21-13-15-26(34)27(35)17-21)28(36)19-8-10-20(11-9-19)29-32-24-14-12-22(16-25(24)33-29)30(37)31-23-6-4-2-3-5-7-23/h8-17,23,34-35H,1-7H2,(H,31,37)(H,32,33). The van der Waals surface area contributed by atoms with Gasteiger partial charge >= 0.3 is 0 Å². The fraction of sp³-hybridized carbons (Fsp3) is 0.233. The summed E-state index contributed by atoms with van der Waals surface area (Å²) in [7, 11) is 0. The second-order valence-corrected chi connectivity index (χ2v) is 9.57. The molecule has 0 spiro atoms. The maximum Gasteiger partial charge on any atom is 0.251 e. The highest BCUT2D eigenvalue weighted by Gasteiger charge is 2.17. The highest BCUT2D eigenvalue weighted by molar-refractivity contribution is 6.28. The van der Waals surface area contributed by atoms with Gasteiger partial charge in [0.25, 0.3) is 5.91 Å². The number of aromatic hydroxyl groups is 2. The minimum Gasteiger partial charge on any atom is -0.504 e. The van der Waals surface area contributed by atoms with Crippen LogP contribution in [0.1, 0.15) is 64.8 Å².